The van der Waals surface area contributed by atoms with Crippen LogP contribution in [0.25, 0.3) is 0 Å². The summed E-state index contributed by atoms with van der Waals surface area (Å²) in [6.45, 7) is 0.929. The summed E-state index contributed by atoms with van der Waals surface area (Å²) in [7, 11) is 0. The van der Waals surface area contributed by atoms with Gasteiger partial charge in [0.2, 0.25) is 0 Å². The Bertz CT molecular complexity index is 358. The molecule has 0 bridgehead atoms. The van der Waals surface area contributed by atoms with Gasteiger partial charge < -0.3 is 14.8 Å². The first kappa shape index (κ1) is 11.3. The smallest absolute Gasteiger partial charge is 0.105 e. The Morgan fingerprint density at radius 3 is 3.18 bits per heavy atom. The predicted octanol–water partition coefficient (Wildman–Crippen LogP) is 2.11. The maximum absolute atomic E-state index is 10.7. The van der Waals surface area contributed by atoms with E-state index in [-0.39, 0.29) is 0 Å². The lowest BCUT2D eigenvalue weighted by Gasteiger charge is -2.48. The summed E-state index contributed by atoms with van der Waals surface area (Å²) in [4.78, 5) is 0. The van der Waals surface area contributed by atoms with Gasteiger partial charge in [-0.15, -0.1) is 0 Å². The zero-order valence-corrected chi connectivity index (χ0v) is 10.2. The number of hydrogen-bond acceptors (Lipinski definition) is 3. The Morgan fingerprint density at radius 2 is 2.35 bits per heavy atom. The second-order valence-corrected chi connectivity index (χ2v) is 5.55. The molecule has 2 heterocycles. The van der Waals surface area contributed by atoms with Crippen LogP contribution in [-0.4, -0.2) is 23.3 Å². The van der Waals surface area contributed by atoms with Crippen LogP contribution in [0, 0.1) is 5.92 Å². The van der Waals surface area contributed by atoms with E-state index in [1.54, 1.807) is 6.26 Å². The fourth-order valence-electron chi connectivity index (χ4n) is 3.61. The lowest BCUT2D eigenvalue weighted by Crippen LogP contribution is -2.58. The molecule has 1 saturated heterocycles. The molecule has 0 aromatic carbocycles. The number of piperidine rings is 1. The van der Waals surface area contributed by atoms with E-state index in [1.165, 1.54) is 12.8 Å². The Balaban J connectivity index is 1.75. The van der Waals surface area contributed by atoms with Gasteiger partial charge in [0.05, 0.1) is 11.9 Å². The molecule has 3 rings (SSSR count). The molecule has 1 aliphatic heterocycles. The fourth-order valence-corrected chi connectivity index (χ4v) is 3.61. The standard InChI is InChI=1S/C14H21NO2/c16-14-6-2-1-5-12(14)13(15-8-7-14)10-11-4-3-9-17-11/h3-4,9,12-13,15-16H,1-2,5-8,10H2. The van der Waals surface area contributed by atoms with E-state index in [2.05, 4.69) is 5.32 Å². The van der Waals surface area contributed by atoms with Crippen LogP contribution in [0.1, 0.15) is 37.9 Å². The predicted molar refractivity (Wildman–Crippen MR) is 65.7 cm³/mol. The van der Waals surface area contributed by atoms with Crippen molar-refractivity contribution in [3.8, 4) is 0 Å². The van der Waals surface area contributed by atoms with Crippen LogP contribution in [0.4, 0.5) is 0 Å². The molecule has 2 aliphatic rings. The monoisotopic (exact) mass is 235 g/mol. The number of fused-ring (bicyclic) bond motifs is 1. The van der Waals surface area contributed by atoms with Gasteiger partial charge in [-0.25, -0.2) is 0 Å². The van der Waals surface area contributed by atoms with Crippen LogP contribution in [-0.2, 0) is 6.42 Å². The number of furan rings is 1. The van der Waals surface area contributed by atoms with Gasteiger partial charge in [-0.3, -0.25) is 0 Å². The highest BCUT2D eigenvalue weighted by Gasteiger charge is 2.45. The summed E-state index contributed by atoms with van der Waals surface area (Å²) in [5.41, 5.74) is -0.416. The molecule has 1 saturated carbocycles. The molecule has 1 aromatic heterocycles. The maximum Gasteiger partial charge on any atom is 0.105 e. The third-order valence-corrected chi connectivity index (χ3v) is 4.52. The molecule has 0 amide bonds. The molecule has 0 spiro atoms. The van der Waals surface area contributed by atoms with Crippen molar-refractivity contribution in [2.75, 3.05) is 6.54 Å². The molecule has 1 aliphatic carbocycles. The van der Waals surface area contributed by atoms with Gasteiger partial charge in [-0.2, -0.15) is 0 Å². The zero-order valence-electron chi connectivity index (χ0n) is 10.2. The van der Waals surface area contributed by atoms with Crippen LogP contribution in [0.15, 0.2) is 22.8 Å². The molecule has 3 atom stereocenters. The van der Waals surface area contributed by atoms with Crippen molar-refractivity contribution in [1.29, 1.82) is 0 Å². The number of nitrogens with one attached hydrogen (secondary N) is 1. The van der Waals surface area contributed by atoms with Crippen LogP contribution >= 0.6 is 0 Å². The van der Waals surface area contributed by atoms with Crippen LogP contribution in [0.2, 0.25) is 0 Å². The van der Waals surface area contributed by atoms with Crippen molar-refractivity contribution >= 4 is 0 Å². The Hall–Kier alpha value is -0.800. The summed E-state index contributed by atoms with van der Waals surface area (Å²) in [5, 5.41) is 14.3. The topological polar surface area (TPSA) is 45.4 Å². The van der Waals surface area contributed by atoms with E-state index in [0.29, 0.717) is 12.0 Å². The highest BCUT2D eigenvalue weighted by atomic mass is 16.3. The molecular weight excluding hydrogens is 214 g/mol. The van der Waals surface area contributed by atoms with Gasteiger partial charge in [0.1, 0.15) is 5.76 Å². The Kier molecular flexibility index (Phi) is 2.97. The molecule has 0 radical (unpaired) electrons. The normalized spacial score (nSPS) is 37.7. The van der Waals surface area contributed by atoms with Crippen molar-refractivity contribution in [3.63, 3.8) is 0 Å². The summed E-state index contributed by atoms with van der Waals surface area (Å²) in [6.07, 6.45) is 8.10. The van der Waals surface area contributed by atoms with Gasteiger partial charge in [0.15, 0.2) is 0 Å². The molecule has 3 unspecified atom stereocenters. The average Bonchev–Trinajstić information content (AvgIpc) is 2.81. The summed E-state index contributed by atoms with van der Waals surface area (Å²) < 4.78 is 5.43. The Morgan fingerprint density at radius 1 is 1.41 bits per heavy atom. The average molecular weight is 235 g/mol. The Labute approximate surface area is 102 Å². The number of hydrogen-bond donors (Lipinski definition) is 2. The van der Waals surface area contributed by atoms with E-state index < -0.39 is 5.60 Å². The molecule has 17 heavy (non-hydrogen) atoms. The second kappa shape index (κ2) is 4.46. The van der Waals surface area contributed by atoms with Gasteiger partial charge in [-0.1, -0.05) is 12.8 Å². The quantitative estimate of drug-likeness (QED) is 0.825. The summed E-state index contributed by atoms with van der Waals surface area (Å²) in [5.74, 6) is 1.42. The summed E-state index contributed by atoms with van der Waals surface area (Å²) in [6, 6.07) is 4.34. The van der Waals surface area contributed by atoms with Crippen molar-refractivity contribution in [1.82, 2.24) is 5.32 Å². The van der Waals surface area contributed by atoms with Crippen molar-refractivity contribution in [2.45, 2.75) is 50.2 Å². The maximum atomic E-state index is 10.7. The van der Waals surface area contributed by atoms with E-state index in [9.17, 15) is 5.11 Å². The molecule has 2 fully saturated rings. The lowest BCUT2D eigenvalue weighted by atomic mass is 9.67. The van der Waals surface area contributed by atoms with Gasteiger partial charge in [-0.05, 0) is 37.9 Å². The molecule has 94 valence electrons. The van der Waals surface area contributed by atoms with Gasteiger partial charge in [0.25, 0.3) is 0 Å². The molecular formula is C14H21NO2. The first-order chi connectivity index (χ1) is 8.28. The van der Waals surface area contributed by atoms with E-state index in [1.807, 2.05) is 12.1 Å². The third-order valence-electron chi connectivity index (χ3n) is 4.52. The van der Waals surface area contributed by atoms with Crippen molar-refractivity contribution < 1.29 is 9.52 Å². The second-order valence-electron chi connectivity index (χ2n) is 5.55. The van der Waals surface area contributed by atoms with E-state index in [4.69, 9.17) is 4.42 Å². The zero-order chi connectivity index (χ0) is 11.7. The highest BCUT2D eigenvalue weighted by Crippen LogP contribution is 2.41. The minimum absolute atomic E-state index is 0.375. The highest BCUT2D eigenvalue weighted by molar-refractivity contribution is 5.06. The van der Waals surface area contributed by atoms with E-state index in [0.717, 1.165) is 38.0 Å². The van der Waals surface area contributed by atoms with E-state index >= 15 is 0 Å². The summed E-state index contributed by atoms with van der Waals surface area (Å²) >= 11 is 0. The number of aliphatic hydroxyl groups is 1. The van der Waals surface area contributed by atoms with Gasteiger partial charge >= 0.3 is 0 Å². The third kappa shape index (κ3) is 2.14. The minimum atomic E-state index is -0.416. The lowest BCUT2D eigenvalue weighted by molar-refractivity contribution is -0.0855. The van der Waals surface area contributed by atoms with Crippen molar-refractivity contribution in [2.24, 2.45) is 5.92 Å². The molecule has 2 N–H and O–H groups in total. The van der Waals surface area contributed by atoms with Crippen LogP contribution < -0.4 is 5.32 Å². The first-order valence-corrected chi connectivity index (χ1v) is 6.76. The molecule has 3 heteroatoms. The SMILES string of the molecule is OC12CCCCC1C(Cc1ccco1)NCC2. The molecule has 3 nitrogen and oxygen atoms in total. The first-order valence-electron chi connectivity index (χ1n) is 6.76. The fraction of sp³-hybridized carbons (Fsp3) is 0.714. The minimum Gasteiger partial charge on any atom is -0.469 e. The van der Waals surface area contributed by atoms with Crippen LogP contribution in [0.5, 0.6) is 0 Å². The van der Waals surface area contributed by atoms with Gasteiger partial charge in [0, 0.05) is 18.4 Å². The largest absolute Gasteiger partial charge is 0.469 e. The van der Waals surface area contributed by atoms with Crippen molar-refractivity contribution in [3.05, 3.63) is 24.2 Å². The number of rotatable bonds is 2. The van der Waals surface area contributed by atoms with Crippen LogP contribution in [0.3, 0.4) is 0 Å². The molecule has 1 aromatic rings.